The van der Waals surface area contributed by atoms with Crippen molar-refractivity contribution in [1.82, 2.24) is 38.5 Å². The van der Waals surface area contributed by atoms with Gasteiger partial charge in [0.1, 0.15) is 22.9 Å². The van der Waals surface area contributed by atoms with Crippen molar-refractivity contribution in [2.75, 3.05) is 26.0 Å². The monoisotopic (exact) mass is 874 g/mol. The van der Waals surface area contributed by atoms with Crippen molar-refractivity contribution in [3.8, 4) is 17.2 Å². The van der Waals surface area contributed by atoms with E-state index in [2.05, 4.69) is 35.3 Å². The summed E-state index contributed by atoms with van der Waals surface area (Å²) in [5.41, 5.74) is 5.04. The Labute approximate surface area is 361 Å². The molecule has 0 radical (unpaired) electrons. The van der Waals surface area contributed by atoms with Gasteiger partial charge in [0.25, 0.3) is 5.91 Å². The zero-order valence-electron chi connectivity index (χ0n) is 35.6. The molecule has 63 heavy (non-hydrogen) atoms. The lowest BCUT2D eigenvalue weighted by Crippen LogP contribution is -2.41. The van der Waals surface area contributed by atoms with Crippen LogP contribution in [0.25, 0.3) is 28.1 Å². The van der Waals surface area contributed by atoms with E-state index in [1.165, 1.54) is 21.0 Å². The number of hydrogen-bond donors (Lipinski definition) is 1. The first-order valence-corrected chi connectivity index (χ1v) is 23.3. The lowest BCUT2D eigenvalue weighted by molar-refractivity contribution is 0.0663. The summed E-state index contributed by atoms with van der Waals surface area (Å²) < 4.78 is 56.3. The summed E-state index contributed by atoms with van der Waals surface area (Å²) in [5.74, 6) is -0.270. The molecule has 326 valence electrons. The van der Waals surface area contributed by atoms with E-state index < -0.39 is 32.9 Å². The van der Waals surface area contributed by atoms with E-state index in [9.17, 15) is 18.0 Å². The average Bonchev–Trinajstić information content (AvgIpc) is 3.75. The number of hydrogen-bond acceptors (Lipinski definition) is 9. The van der Waals surface area contributed by atoms with Gasteiger partial charge in [-0.2, -0.15) is 5.10 Å². The minimum absolute atomic E-state index is 0.0141. The van der Waals surface area contributed by atoms with Gasteiger partial charge in [-0.05, 0) is 117 Å². The Hall–Kier alpha value is -6.33. The van der Waals surface area contributed by atoms with Crippen molar-refractivity contribution in [2.24, 2.45) is 5.92 Å². The molecule has 7 aromatic rings. The number of sulfone groups is 1. The maximum atomic E-state index is 15.4. The normalized spacial score (nSPS) is 20.4. The van der Waals surface area contributed by atoms with E-state index in [0.29, 0.717) is 95.2 Å². The molecular weight excluding hydrogens is 828 g/mol. The Kier molecular flexibility index (Phi) is 9.63. The van der Waals surface area contributed by atoms with E-state index in [1.54, 1.807) is 72.2 Å². The van der Waals surface area contributed by atoms with Crippen molar-refractivity contribution in [3.63, 3.8) is 0 Å². The van der Waals surface area contributed by atoms with Crippen LogP contribution in [-0.4, -0.2) is 78.9 Å². The predicted molar refractivity (Wildman–Crippen MR) is 232 cm³/mol. The minimum Gasteiger partial charge on any atom is -0.381 e. The predicted octanol–water partition coefficient (Wildman–Crippen LogP) is 6.18. The Bertz CT molecular complexity index is 3180. The topological polar surface area (TPSA) is 172 Å². The summed E-state index contributed by atoms with van der Waals surface area (Å²) in [6.45, 7) is 9.06. The number of fused-ring (bicyclic) bond motifs is 2. The fourth-order valence-corrected chi connectivity index (χ4v) is 10.8. The minimum atomic E-state index is -3.26. The van der Waals surface area contributed by atoms with Gasteiger partial charge in [0.2, 0.25) is 0 Å². The summed E-state index contributed by atoms with van der Waals surface area (Å²) in [6, 6.07) is 17.8. The van der Waals surface area contributed by atoms with Gasteiger partial charge in [0.15, 0.2) is 15.7 Å². The maximum Gasteiger partial charge on any atom is 0.438 e. The van der Waals surface area contributed by atoms with E-state index in [-0.39, 0.29) is 23.4 Å². The van der Waals surface area contributed by atoms with Crippen LogP contribution in [0.4, 0.5) is 4.39 Å². The molecule has 17 heteroatoms. The van der Waals surface area contributed by atoms with Crippen LogP contribution in [0.5, 0.6) is 0 Å². The second kappa shape index (κ2) is 14.9. The third kappa shape index (κ3) is 6.79. The number of aromatic amines is 1. The molecule has 1 saturated carbocycles. The van der Waals surface area contributed by atoms with Crippen LogP contribution in [0.1, 0.15) is 94.9 Å². The smallest absolute Gasteiger partial charge is 0.381 e. The number of aromatic nitrogens is 7. The molecule has 1 aliphatic carbocycles. The molecule has 2 fully saturated rings. The third-order valence-electron chi connectivity index (χ3n) is 13.3. The quantitative estimate of drug-likeness (QED) is 0.178. The molecule has 1 amide bonds. The first-order chi connectivity index (χ1) is 30.1. The number of carbonyl (C=O) groups is 1. The van der Waals surface area contributed by atoms with Gasteiger partial charge in [-0.15, -0.1) is 0 Å². The van der Waals surface area contributed by atoms with Gasteiger partial charge in [-0.3, -0.25) is 23.4 Å². The first-order valence-electron chi connectivity index (χ1n) is 21.2. The Morgan fingerprint density at radius 3 is 2.30 bits per heavy atom. The zero-order valence-corrected chi connectivity index (χ0v) is 36.4. The molecule has 0 spiro atoms. The van der Waals surface area contributed by atoms with E-state index >= 15 is 9.18 Å². The van der Waals surface area contributed by atoms with Crippen LogP contribution in [0.3, 0.4) is 0 Å². The van der Waals surface area contributed by atoms with Gasteiger partial charge in [-0.25, -0.2) is 27.1 Å². The van der Waals surface area contributed by atoms with Crippen LogP contribution in [0.15, 0.2) is 87.2 Å². The average molecular weight is 875 g/mol. The lowest BCUT2D eigenvalue weighted by atomic mass is 9.91. The molecule has 3 aliphatic rings. The summed E-state index contributed by atoms with van der Waals surface area (Å²) in [5, 5.41) is 10.1. The summed E-state index contributed by atoms with van der Waals surface area (Å²) >= 11 is 0. The summed E-state index contributed by atoms with van der Waals surface area (Å²) in [4.78, 5) is 46.9. The van der Waals surface area contributed by atoms with Crippen LogP contribution >= 0.6 is 0 Å². The standard InChI is InChI=1S/C46H47FN8O7S/c1-26-20-35(21-27(2)40(26)47)55-41(53-17-16-52(45(53)58)34-9-6-30(7-10-34)25-63(5,59)60)39-29(4)51(15-12-36(39)49-55)42(56)38-23-33-22-32(31-13-18-61-19-14-31)8-11-37(33)54(38)46(24-28(46)3)43-48-44(57)62-50-43/h6-11,16-17,20-23,28-29,31H,12-15,18-19,24-25H2,1-5H3,(H,48,50,57)/t28-,29-,46-/m0/s1. The molecule has 3 aromatic carbocycles. The fourth-order valence-electron chi connectivity index (χ4n) is 10.0. The molecule has 0 unspecified atom stereocenters. The molecule has 15 nitrogen and oxygen atoms in total. The number of nitrogens with zero attached hydrogens (tertiary/aromatic N) is 7. The number of nitrogens with one attached hydrogen (secondary N) is 1. The highest BCUT2D eigenvalue weighted by Gasteiger charge is 2.59. The molecule has 2 aliphatic heterocycles. The van der Waals surface area contributed by atoms with Gasteiger partial charge in [-0.1, -0.05) is 30.3 Å². The van der Waals surface area contributed by atoms with Crippen LogP contribution in [0, 0.1) is 25.6 Å². The second-order valence-corrected chi connectivity index (χ2v) is 19.7. The highest BCUT2D eigenvalue weighted by Crippen LogP contribution is 2.56. The molecule has 10 rings (SSSR count). The van der Waals surface area contributed by atoms with E-state index in [0.717, 1.165) is 23.7 Å². The number of halogens is 1. The van der Waals surface area contributed by atoms with Crippen molar-refractivity contribution in [3.05, 3.63) is 145 Å². The van der Waals surface area contributed by atoms with Crippen LogP contribution in [0.2, 0.25) is 0 Å². The third-order valence-corrected chi connectivity index (χ3v) is 14.1. The Balaban J connectivity index is 1.10. The molecule has 6 heterocycles. The zero-order chi connectivity index (χ0) is 44.1. The van der Waals surface area contributed by atoms with Gasteiger partial charge >= 0.3 is 11.4 Å². The van der Waals surface area contributed by atoms with Crippen molar-refractivity contribution in [2.45, 2.75) is 76.6 Å². The molecular formula is C46H47FN8O7S. The van der Waals surface area contributed by atoms with Gasteiger partial charge in [0, 0.05) is 61.3 Å². The highest BCUT2D eigenvalue weighted by atomic mass is 32.2. The Morgan fingerprint density at radius 1 is 0.952 bits per heavy atom. The molecule has 1 saturated heterocycles. The highest BCUT2D eigenvalue weighted by molar-refractivity contribution is 7.89. The number of H-pyrrole nitrogens is 1. The van der Waals surface area contributed by atoms with E-state index in [4.69, 9.17) is 14.4 Å². The first kappa shape index (κ1) is 40.7. The number of benzene rings is 3. The SMILES string of the molecule is Cc1cc(-n2nc3c(c2-n2ccn(-c4ccc(CS(C)(=O)=O)cc4)c2=O)[C@H](C)N(C(=O)c2cc4cc(C5CCOCC5)ccc4n2[C@@]2(c4noc(=O)[nH]4)C[C@@H]2C)CC3)cc(C)c1F. The number of aryl methyl sites for hydroxylation is 2. The summed E-state index contributed by atoms with van der Waals surface area (Å²) in [6.07, 6.45) is 7.25. The van der Waals surface area contributed by atoms with Crippen molar-refractivity contribution < 1.29 is 26.9 Å². The van der Waals surface area contributed by atoms with Crippen LogP contribution < -0.4 is 11.4 Å². The van der Waals surface area contributed by atoms with Gasteiger partial charge in [0.05, 0.1) is 28.9 Å². The van der Waals surface area contributed by atoms with Crippen LogP contribution in [-0.2, 0) is 32.3 Å². The largest absolute Gasteiger partial charge is 0.438 e. The molecule has 4 aromatic heterocycles. The summed E-state index contributed by atoms with van der Waals surface area (Å²) in [7, 11) is -3.26. The molecule has 3 atom stereocenters. The number of carbonyl (C=O) groups excluding carboxylic acids is 1. The number of ether oxygens (including phenoxy) is 1. The van der Waals surface area contributed by atoms with Crippen molar-refractivity contribution >= 4 is 26.6 Å². The molecule has 0 bridgehead atoms. The fraction of sp³-hybridized carbons (Fsp3) is 0.370. The van der Waals surface area contributed by atoms with Crippen molar-refractivity contribution in [1.29, 1.82) is 0 Å². The lowest BCUT2D eigenvalue weighted by Gasteiger charge is -2.34. The molecule has 1 N–H and O–H groups in total. The number of rotatable bonds is 9. The second-order valence-electron chi connectivity index (χ2n) is 17.5. The number of imidazole rings is 1. The Morgan fingerprint density at radius 2 is 1.65 bits per heavy atom. The number of amides is 1. The maximum absolute atomic E-state index is 15.4. The van der Waals surface area contributed by atoms with Gasteiger partial charge < -0.3 is 14.2 Å². The van der Waals surface area contributed by atoms with E-state index in [1.807, 2.05) is 17.6 Å².